The molecule has 0 aliphatic rings. The van der Waals surface area contributed by atoms with Crippen LogP contribution >= 0.6 is 11.3 Å². The van der Waals surface area contributed by atoms with Crippen molar-refractivity contribution in [1.82, 2.24) is 14.5 Å². The molecule has 0 saturated carbocycles. The van der Waals surface area contributed by atoms with Gasteiger partial charge in [-0.05, 0) is 35.4 Å². The second-order valence-electron chi connectivity index (χ2n) is 7.09. The minimum Gasteiger partial charge on any atom is -0.303 e. The normalized spacial score (nSPS) is 12.2. The van der Waals surface area contributed by atoms with Crippen molar-refractivity contribution in [3.8, 4) is 0 Å². The van der Waals surface area contributed by atoms with Gasteiger partial charge in [0.2, 0.25) is 0 Å². The minimum absolute atomic E-state index is 0.00201. The van der Waals surface area contributed by atoms with Crippen molar-refractivity contribution in [3.63, 3.8) is 0 Å². The van der Waals surface area contributed by atoms with E-state index < -0.39 is 0 Å². The second-order valence-corrected chi connectivity index (χ2v) is 8.07. The summed E-state index contributed by atoms with van der Waals surface area (Å²) >= 11 is 1.69. The van der Waals surface area contributed by atoms with Crippen LogP contribution in [0.5, 0.6) is 0 Å². The third kappa shape index (κ3) is 4.51. The Bertz CT molecular complexity index is 1020. The van der Waals surface area contributed by atoms with Gasteiger partial charge in [0.1, 0.15) is 0 Å². The summed E-state index contributed by atoms with van der Waals surface area (Å²) in [6, 6.07) is 12.9. The Morgan fingerprint density at radius 2 is 1.86 bits per heavy atom. The van der Waals surface area contributed by atoms with Gasteiger partial charge in [0.15, 0.2) is 0 Å². The van der Waals surface area contributed by atoms with Gasteiger partial charge >= 0.3 is 5.69 Å². The smallest absolute Gasteiger partial charge is 0.303 e. The number of unbranched alkanes of at least 4 members (excludes halogenated alkanes) is 1. The van der Waals surface area contributed by atoms with E-state index in [0.29, 0.717) is 12.1 Å². The fraction of sp³-hybridized carbons (Fsp3) is 0.364. The van der Waals surface area contributed by atoms with Crippen molar-refractivity contribution in [3.05, 3.63) is 90.4 Å². The van der Waals surface area contributed by atoms with Gasteiger partial charge in [-0.2, -0.15) is 0 Å². The lowest BCUT2D eigenvalue weighted by Crippen LogP contribution is -2.39. The number of rotatable bonds is 8. The molecule has 0 aliphatic carbocycles. The largest absolute Gasteiger partial charge is 0.330 e. The van der Waals surface area contributed by atoms with Crippen LogP contribution in [0.3, 0.4) is 0 Å². The van der Waals surface area contributed by atoms with Crippen molar-refractivity contribution < 1.29 is 0 Å². The average Bonchev–Trinajstić information content (AvgIpc) is 3.24. The van der Waals surface area contributed by atoms with Gasteiger partial charge in [0.05, 0.1) is 6.04 Å². The summed E-state index contributed by atoms with van der Waals surface area (Å²) in [5.74, 6) is 0. The molecule has 0 bridgehead atoms. The molecular formula is C22H27N3O2S. The molecule has 1 aromatic carbocycles. The highest BCUT2D eigenvalue weighted by atomic mass is 32.1. The molecule has 3 rings (SSSR count). The number of aromatic nitrogens is 2. The third-order valence-electron chi connectivity index (χ3n) is 4.97. The zero-order valence-electron chi connectivity index (χ0n) is 16.6. The maximum absolute atomic E-state index is 12.4. The number of nitrogens with zero attached hydrogens (tertiary/aromatic N) is 2. The molecule has 3 aromatic rings. The van der Waals surface area contributed by atoms with E-state index in [9.17, 15) is 9.59 Å². The molecule has 1 unspecified atom stereocenters. The Morgan fingerprint density at radius 3 is 2.50 bits per heavy atom. The first-order valence-corrected chi connectivity index (χ1v) is 10.5. The summed E-state index contributed by atoms with van der Waals surface area (Å²) in [7, 11) is 3.18. The number of aryl methyl sites for hydroxylation is 2. The quantitative estimate of drug-likeness (QED) is 0.634. The fourth-order valence-electron chi connectivity index (χ4n) is 3.31. The molecule has 0 fully saturated rings. The zero-order valence-corrected chi connectivity index (χ0v) is 17.5. The van der Waals surface area contributed by atoms with E-state index in [1.165, 1.54) is 40.5 Å². The van der Waals surface area contributed by atoms with Crippen LogP contribution < -0.4 is 16.6 Å². The lowest BCUT2D eigenvalue weighted by atomic mass is 10.0. The molecule has 1 atom stereocenters. The standard InChI is InChI=1S/C22H27N3O2S/c1-4-5-7-16-9-11-17(12-10-16)20(19-8-6-13-28-19)23-14-18-15-24(2)22(27)25(3)21(18)26/h6,8-13,15,20,23H,4-5,7,14H2,1-3H3. The van der Waals surface area contributed by atoms with Crippen LogP contribution in [0, 0.1) is 0 Å². The van der Waals surface area contributed by atoms with Gasteiger partial charge < -0.3 is 9.88 Å². The van der Waals surface area contributed by atoms with Crippen LogP contribution in [0.1, 0.15) is 47.4 Å². The van der Waals surface area contributed by atoms with Gasteiger partial charge in [-0.15, -0.1) is 11.3 Å². The minimum atomic E-state index is -0.314. The van der Waals surface area contributed by atoms with Crippen LogP contribution in [-0.4, -0.2) is 9.13 Å². The molecule has 0 saturated heterocycles. The number of thiophene rings is 1. The van der Waals surface area contributed by atoms with Crippen LogP contribution in [-0.2, 0) is 27.1 Å². The van der Waals surface area contributed by atoms with E-state index in [-0.39, 0.29) is 17.3 Å². The molecule has 0 amide bonds. The Balaban J connectivity index is 1.85. The van der Waals surface area contributed by atoms with E-state index >= 15 is 0 Å². The van der Waals surface area contributed by atoms with E-state index in [1.807, 2.05) is 6.07 Å². The maximum Gasteiger partial charge on any atom is 0.330 e. The van der Waals surface area contributed by atoms with Crippen molar-refractivity contribution in [2.45, 2.75) is 38.8 Å². The predicted molar refractivity (Wildman–Crippen MR) is 115 cm³/mol. The zero-order chi connectivity index (χ0) is 20.1. The van der Waals surface area contributed by atoms with Crippen LogP contribution in [0.4, 0.5) is 0 Å². The SMILES string of the molecule is CCCCc1ccc(C(NCc2cn(C)c(=O)n(C)c2=O)c2cccs2)cc1. The fourth-order valence-corrected chi connectivity index (χ4v) is 4.14. The van der Waals surface area contributed by atoms with Crippen LogP contribution in [0.2, 0.25) is 0 Å². The highest BCUT2D eigenvalue weighted by Crippen LogP contribution is 2.26. The maximum atomic E-state index is 12.4. The second kappa shape index (κ2) is 9.17. The first-order valence-electron chi connectivity index (χ1n) is 9.62. The molecule has 2 aromatic heterocycles. The molecule has 0 radical (unpaired) electrons. The van der Waals surface area contributed by atoms with E-state index in [0.717, 1.165) is 11.0 Å². The number of benzene rings is 1. The molecule has 28 heavy (non-hydrogen) atoms. The van der Waals surface area contributed by atoms with E-state index in [2.05, 4.69) is 48.0 Å². The van der Waals surface area contributed by atoms with Gasteiger partial charge in [0.25, 0.3) is 5.56 Å². The molecule has 5 nitrogen and oxygen atoms in total. The molecule has 6 heteroatoms. The van der Waals surface area contributed by atoms with Crippen molar-refractivity contribution in [2.24, 2.45) is 14.1 Å². The Kier molecular flexibility index (Phi) is 6.65. The lowest BCUT2D eigenvalue weighted by Gasteiger charge is -2.19. The summed E-state index contributed by atoms with van der Waals surface area (Å²) in [5.41, 5.74) is 2.53. The number of hydrogen-bond donors (Lipinski definition) is 1. The van der Waals surface area contributed by atoms with Gasteiger partial charge in [-0.1, -0.05) is 43.7 Å². The van der Waals surface area contributed by atoms with Crippen molar-refractivity contribution >= 4 is 11.3 Å². The topological polar surface area (TPSA) is 56.0 Å². The Morgan fingerprint density at radius 1 is 1.11 bits per heavy atom. The Hall–Kier alpha value is -2.44. The van der Waals surface area contributed by atoms with Crippen LogP contribution in [0.25, 0.3) is 0 Å². The molecule has 0 aliphatic heterocycles. The molecular weight excluding hydrogens is 370 g/mol. The number of nitrogens with one attached hydrogen (secondary N) is 1. The predicted octanol–water partition coefficient (Wildman–Crippen LogP) is 3.37. The van der Waals surface area contributed by atoms with Crippen molar-refractivity contribution in [1.29, 1.82) is 0 Å². The molecule has 1 N–H and O–H groups in total. The first kappa shape index (κ1) is 20.3. The molecule has 0 spiro atoms. The lowest BCUT2D eigenvalue weighted by molar-refractivity contribution is 0.588. The average molecular weight is 398 g/mol. The highest BCUT2D eigenvalue weighted by Gasteiger charge is 2.16. The monoisotopic (exact) mass is 397 g/mol. The Labute approximate surface area is 169 Å². The first-order chi connectivity index (χ1) is 13.5. The molecule has 148 valence electrons. The van der Waals surface area contributed by atoms with Gasteiger partial charge in [-0.25, -0.2) is 4.79 Å². The third-order valence-corrected chi connectivity index (χ3v) is 5.91. The molecule has 2 heterocycles. The summed E-state index contributed by atoms with van der Waals surface area (Å²) in [6.07, 6.45) is 5.11. The highest BCUT2D eigenvalue weighted by molar-refractivity contribution is 7.10. The van der Waals surface area contributed by atoms with Crippen LogP contribution in [0.15, 0.2) is 57.6 Å². The summed E-state index contributed by atoms with van der Waals surface area (Å²) < 4.78 is 2.60. The summed E-state index contributed by atoms with van der Waals surface area (Å²) in [5, 5.41) is 5.57. The number of hydrogen-bond acceptors (Lipinski definition) is 4. The summed E-state index contributed by atoms with van der Waals surface area (Å²) in [6.45, 7) is 2.59. The van der Waals surface area contributed by atoms with Crippen molar-refractivity contribution in [2.75, 3.05) is 0 Å². The summed E-state index contributed by atoms with van der Waals surface area (Å²) in [4.78, 5) is 25.5. The van der Waals surface area contributed by atoms with Gasteiger partial charge in [-0.3, -0.25) is 9.36 Å². The van der Waals surface area contributed by atoms with E-state index in [4.69, 9.17) is 0 Å². The van der Waals surface area contributed by atoms with E-state index in [1.54, 1.807) is 24.6 Å². The van der Waals surface area contributed by atoms with Gasteiger partial charge in [0, 0.05) is 37.3 Å².